The van der Waals surface area contributed by atoms with E-state index in [9.17, 15) is 0 Å². The van der Waals surface area contributed by atoms with Crippen LogP contribution in [0.5, 0.6) is 0 Å². The highest BCUT2D eigenvalue weighted by Gasteiger charge is 2.46. The maximum atomic E-state index is 2.52. The second-order valence-electron chi connectivity index (χ2n) is 17.2. The molecular formula is C63H42N2. The smallest absolute Gasteiger partial charge is 0.0714 e. The molecule has 0 unspecified atom stereocenters. The Balaban J connectivity index is 1.13. The molecule has 11 aromatic carbocycles. The lowest BCUT2D eigenvalue weighted by molar-refractivity contribution is 0.768. The molecule has 0 N–H and O–H groups in total. The molecule has 0 spiro atoms. The molecule has 13 rings (SSSR count). The van der Waals surface area contributed by atoms with Crippen LogP contribution in [0.3, 0.4) is 0 Å². The van der Waals surface area contributed by atoms with E-state index in [4.69, 9.17) is 0 Å². The van der Waals surface area contributed by atoms with Crippen molar-refractivity contribution in [3.63, 3.8) is 0 Å². The highest BCUT2D eigenvalue weighted by Crippen LogP contribution is 2.57. The quantitative estimate of drug-likeness (QED) is 0.155. The number of nitrogens with zero attached hydrogens (tertiary/aromatic N) is 2. The van der Waals surface area contributed by atoms with Crippen LogP contribution in [0, 0.1) is 0 Å². The van der Waals surface area contributed by atoms with Gasteiger partial charge in [-0.3, -0.25) is 0 Å². The van der Waals surface area contributed by atoms with Crippen molar-refractivity contribution in [3.05, 3.63) is 277 Å². The lowest BCUT2D eigenvalue weighted by atomic mass is 9.67. The first-order valence-corrected chi connectivity index (χ1v) is 22.5. The first kappa shape index (κ1) is 37.1. The zero-order valence-corrected chi connectivity index (χ0v) is 35.6. The Kier molecular flexibility index (Phi) is 8.47. The van der Waals surface area contributed by atoms with Gasteiger partial charge in [0.2, 0.25) is 0 Å². The first-order valence-electron chi connectivity index (χ1n) is 22.5. The van der Waals surface area contributed by atoms with Crippen molar-refractivity contribution in [2.45, 2.75) is 5.41 Å². The van der Waals surface area contributed by atoms with Crippen molar-refractivity contribution in [1.82, 2.24) is 4.57 Å². The molecule has 0 saturated carbocycles. The zero-order valence-electron chi connectivity index (χ0n) is 35.6. The molecule has 304 valence electrons. The van der Waals surface area contributed by atoms with Gasteiger partial charge in [0.25, 0.3) is 0 Å². The molecule has 2 nitrogen and oxygen atoms in total. The Labute approximate surface area is 378 Å². The van der Waals surface area contributed by atoms with Gasteiger partial charge in [0.1, 0.15) is 0 Å². The van der Waals surface area contributed by atoms with Crippen LogP contribution >= 0.6 is 0 Å². The molecule has 0 atom stereocenters. The molecule has 2 heteroatoms. The lowest BCUT2D eigenvalue weighted by Gasteiger charge is -2.35. The van der Waals surface area contributed by atoms with Crippen LogP contribution < -0.4 is 4.90 Å². The standard InChI is InChI=1S/C63H42N2/c1-4-19-43(20-5-1)51-29-15-17-33-60(51)65-61-42-49(37-40-55(61)56-38-35-45-22-11-13-30-52(45)62(56)65)64(59-34-18-23-44-21-10-12-28-50(44)59)48-36-39-54-53-31-14-16-32-57(53)63(58(54)41-48,46-24-6-2-7-25-46)47-26-8-3-9-27-47/h1-42H. The van der Waals surface area contributed by atoms with E-state index in [1.54, 1.807) is 0 Å². The van der Waals surface area contributed by atoms with Gasteiger partial charge >= 0.3 is 0 Å². The third kappa shape index (κ3) is 5.60. The number of para-hydroxylation sites is 1. The van der Waals surface area contributed by atoms with Crippen molar-refractivity contribution in [2.24, 2.45) is 0 Å². The molecule has 1 heterocycles. The van der Waals surface area contributed by atoms with Crippen LogP contribution in [0.15, 0.2) is 255 Å². The Bertz CT molecular complexity index is 3730. The predicted molar refractivity (Wildman–Crippen MR) is 273 cm³/mol. The number of fused-ring (bicyclic) bond motifs is 9. The monoisotopic (exact) mass is 826 g/mol. The minimum Gasteiger partial charge on any atom is -0.310 e. The summed E-state index contributed by atoms with van der Waals surface area (Å²) in [6, 6.07) is 94.0. The van der Waals surface area contributed by atoms with Gasteiger partial charge in [-0.15, -0.1) is 0 Å². The highest BCUT2D eigenvalue weighted by atomic mass is 15.1. The molecule has 1 aromatic heterocycles. The van der Waals surface area contributed by atoms with Gasteiger partial charge < -0.3 is 9.47 Å². The second kappa shape index (κ2) is 14.8. The van der Waals surface area contributed by atoms with Crippen LogP contribution in [-0.2, 0) is 5.41 Å². The molecule has 1 aliphatic rings. The first-order chi connectivity index (χ1) is 32.3. The molecule has 0 radical (unpaired) electrons. The Morgan fingerprint density at radius 3 is 1.66 bits per heavy atom. The van der Waals surface area contributed by atoms with E-state index in [0.29, 0.717) is 0 Å². The summed E-state index contributed by atoms with van der Waals surface area (Å²) in [5.41, 5.74) is 16.3. The molecule has 0 bridgehead atoms. The fourth-order valence-electron chi connectivity index (χ4n) is 11.1. The van der Waals surface area contributed by atoms with E-state index in [1.165, 1.54) is 82.3 Å². The van der Waals surface area contributed by atoms with E-state index < -0.39 is 5.41 Å². The van der Waals surface area contributed by atoms with Gasteiger partial charge in [0, 0.05) is 38.5 Å². The summed E-state index contributed by atoms with van der Waals surface area (Å²) in [6.45, 7) is 0. The van der Waals surface area contributed by atoms with Gasteiger partial charge in [0.05, 0.1) is 27.8 Å². The Morgan fingerprint density at radius 1 is 0.338 bits per heavy atom. The van der Waals surface area contributed by atoms with Crippen molar-refractivity contribution in [1.29, 1.82) is 0 Å². The summed E-state index contributed by atoms with van der Waals surface area (Å²) in [5, 5.41) is 7.29. The number of rotatable bonds is 7. The number of hydrogen-bond donors (Lipinski definition) is 0. The summed E-state index contributed by atoms with van der Waals surface area (Å²) in [5.74, 6) is 0. The zero-order chi connectivity index (χ0) is 42.9. The minimum absolute atomic E-state index is 0.534. The van der Waals surface area contributed by atoms with Crippen LogP contribution in [0.4, 0.5) is 17.1 Å². The molecule has 0 saturated heterocycles. The molecular weight excluding hydrogens is 785 g/mol. The fraction of sp³-hybridized carbons (Fsp3) is 0.0159. The molecule has 1 aliphatic carbocycles. The fourth-order valence-corrected chi connectivity index (χ4v) is 11.1. The average Bonchev–Trinajstić information content (AvgIpc) is 3.88. The van der Waals surface area contributed by atoms with Crippen LogP contribution in [-0.4, -0.2) is 4.57 Å². The average molecular weight is 827 g/mol. The normalized spacial score (nSPS) is 12.7. The molecule has 0 amide bonds. The molecule has 12 aromatic rings. The van der Waals surface area contributed by atoms with Gasteiger partial charge in [-0.25, -0.2) is 0 Å². The Morgan fingerprint density at radius 2 is 0.892 bits per heavy atom. The van der Waals surface area contributed by atoms with E-state index in [2.05, 4.69) is 264 Å². The topological polar surface area (TPSA) is 8.17 Å². The van der Waals surface area contributed by atoms with Gasteiger partial charge in [-0.1, -0.05) is 218 Å². The van der Waals surface area contributed by atoms with E-state index in [1.807, 2.05) is 0 Å². The van der Waals surface area contributed by atoms with Crippen molar-refractivity contribution < 1.29 is 0 Å². The lowest BCUT2D eigenvalue weighted by Crippen LogP contribution is -2.28. The van der Waals surface area contributed by atoms with E-state index in [-0.39, 0.29) is 0 Å². The summed E-state index contributed by atoms with van der Waals surface area (Å²) in [6.07, 6.45) is 0. The number of aromatic nitrogens is 1. The van der Waals surface area contributed by atoms with Crippen molar-refractivity contribution in [2.75, 3.05) is 4.90 Å². The maximum absolute atomic E-state index is 2.52. The van der Waals surface area contributed by atoms with Crippen LogP contribution in [0.1, 0.15) is 22.3 Å². The minimum atomic E-state index is -0.534. The van der Waals surface area contributed by atoms with Gasteiger partial charge in [0.15, 0.2) is 0 Å². The maximum Gasteiger partial charge on any atom is 0.0714 e. The summed E-state index contributed by atoms with van der Waals surface area (Å²) < 4.78 is 2.52. The van der Waals surface area contributed by atoms with Crippen LogP contribution in [0.25, 0.3) is 71.3 Å². The SMILES string of the molecule is c1ccc(-c2ccccc2-n2c3cc(N(c4ccc5c(c4)C(c4ccccc4)(c4ccccc4)c4ccccc4-5)c4cccc5ccccc45)ccc3c3ccc4ccccc4c32)cc1. The van der Waals surface area contributed by atoms with Crippen LogP contribution in [0.2, 0.25) is 0 Å². The van der Waals surface area contributed by atoms with E-state index >= 15 is 0 Å². The number of benzene rings is 11. The van der Waals surface area contributed by atoms with Crippen molar-refractivity contribution in [3.8, 4) is 27.9 Å². The summed E-state index contributed by atoms with van der Waals surface area (Å²) in [7, 11) is 0. The largest absolute Gasteiger partial charge is 0.310 e. The Hall–Kier alpha value is -8.46. The predicted octanol–water partition coefficient (Wildman–Crippen LogP) is 16.6. The van der Waals surface area contributed by atoms with Crippen molar-refractivity contribution >= 4 is 60.4 Å². The summed E-state index contributed by atoms with van der Waals surface area (Å²) >= 11 is 0. The third-order valence-corrected chi connectivity index (χ3v) is 13.8. The number of anilines is 3. The molecule has 0 fully saturated rings. The summed E-state index contributed by atoms with van der Waals surface area (Å²) in [4.78, 5) is 2.50. The second-order valence-corrected chi connectivity index (χ2v) is 17.2. The molecule has 65 heavy (non-hydrogen) atoms. The highest BCUT2D eigenvalue weighted by molar-refractivity contribution is 6.19. The van der Waals surface area contributed by atoms with E-state index in [0.717, 1.165) is 28.3 Å². The van der Waals surface area contributed by atoms with Gasteiger partial charge in [-0.2, -0.15) is 0 Å². The van der Waals surface area contributed by atoms with Gasteiger partial charge in [-0.05, 0) is 86.1 Å². The molecule has 0 aliphatic heterocycles. The third-order valence-electron chi connectivity index (χ3n) is 13.8. The number of hydrogen-bond acceptors (Lipinski definition) is 1.